The van der Waals surface area contributed by atoms with E-state index in [1.54, 1.807) is 0 Å². The fraction of sp³-hybridized carbons (Fsp3) is 0. The summed E-state index contributed by atoms with van der Waals surface area (Å²) in [4.78, 5) is 0. The van der Waals surface area contributed by atoms with E-state index >= 15 is 0 Å². The molecule has 3 heteroatoms. The van der Waals surface area contributed by atoms with Gasteiger partial charge in [0.25, 0.3) is 0 Å². The number of halogens is 2. The van der Waals surface area contributed by atoms with Crippen molar-refractivity contribution in [3.8, 4) is 0 Å². The van der Waals surface area contributed by atoms with Crippen molar-refractivity contribution in [2.45, 2.75) is 0 Å². The van der Waals surface area contributed by atoms with Crippen LogP contribution in [0.4, 0.5) is 0 Å². The van der Waals surface area contributed by atoms with Gasteiger partial charge in [0.05, 0.1) is 0 Å². The Kier molecular flexibility index (Phi) is 20.2. The van der Waals surface area contributed by atoms with Crippen LogP contribution in [0.2, 0.25) is 0 Å². The maximum absolute atomic E-state index is 2.00. The third-order valence-electron chi connectivity index (χ3n) is 0.889. The second kappa shape index (κ2) is 12.8. The number of allylic oxidation sites excluding steroid dienone is 8. The van der Waals surface area contributed by atoms with E-state index in [0.717, 1.165) is 0 Å². The van der Waals surface area contributed by atoms with Crippen molar-refractivity contribution in [1.29, 1.82) is 0 Å². The molecule has 0 aliphatic heterocycles. The molecule has 11 heavy (non-hydrogen) atoms. The Morgan fingerprint density at radius 2 is 0.455 bits per heavy atom. The quantitative estimate of drug-likeness (QED) is 0.617. The minimum atomic E-state index is 0. The van der Waals surface area contributed by atoms with E-state index in [4.69, 9.17) is 0 Å². The van der Waals surface area contributed by atoms with Gasteiger partial charge in [-0.25, -0.2) is 0 Å². The molecule has 0 unspecified atom stereocenters. The zero-order valence-electron chi connectivity index (χ0n) is 5.79. The first-order chi connectivity index (χ1) is 4.00. The van der Waals surface area contributed by atoms with Gasteiger partial charge >= 0.3 is 0 Å². The third kappa shape index (κ3) is 10.2. The molecular weight excluding hydrogens is 357 g/mol. The van der Waals surface area contributed by atoms with Gasteiger partial charge in [-0.3, -0.25) is 0 Å². The van der Waals surface area contributed by atoms with Crippen molar-refractivity contribution in [2.75, 3.05) is 0 Å². The SMILES string of the molecule is C1=CC=CC=CC=C1.Cl.Cl.[Os]. The zero-order valence-corrected chi connectivity index (χ0v) is 9.96. The van der Waals surface area contributed by atoms with Crippen LogP contribution < -0.4 is 0 Å². The molecule has 0 radical (unpaired) electrons. The number of hydrogen-bond acceptors (Lipinski definition) is 0. The van der Waals surface area contributed by atoms with Gasteiger partial charge in [-0.15, -0.1) is 24.8 Å². The van der Waals surface area contributed by atoms with E-state index in [1.165, 1.54) is 0 Å². The minimum Gasteiger partial charge on any atom is -0.147 e. The van der Waals surface area contributed by atoms with Gasteiger partial charge in [-0.2, -0.15) is 0 Å². The van der Waals surface area contributed by atoms with Crippen molar-refractivity contribution < 1.29 is 19.8 Å². The molecule has 0 amide bonds. The average Bonchev–Trinajstić information content (AvgIpc) is 1.62. The molecule has 0 saturated heterocycles. The third-order valence-corrected chi connectivity index (χ3v) is 0.889. The summed E-state index contributed by atoms with van der Waals surface area (Å²) in [7, 11) is 0. The van der Waals surface area contributed by atoms with Gasteiger partial charge in [-0.1, -0.05) is 48.6 Å². The Balaban J connectivity index is -0.000000213. The van der Waals surface area contributed by atoms with E-state index < -0.39 is 0 Å². The summed E-state index contributed by atoms with van der Waals surface area (Å²) < 4.78 is 0. The molecule has 0 aromatic heterocycles. The Morgan fingerprint density at radius 1 is 0.364 bits per heavy atom. The van der Waals surface area contributed by atoms with Gasteiger partial charge in [0.15, 0.2) is 0 Å². The maximum Gasteiger partial charge on any atom is 0 e. The molecule has 0 N–H and O–H groups in total. The van der Waals surface area contributed by atoms with Crippen LogP contribution >= 0.6 is 24.8 Å². The molecule has 1 aliphatic carbocycles. The van der Waals surface area contributed by atoms with Gasteiger partial charge in [0.1, 0.15) is 0 Å². The smallest absolute Gasteiger partial charge is 0 e. The van der Waals surface area contributed by atoms with Crippen LogP contribution in [0, 0.1) is 0 Å². The summed E-state index contributed by atoms with van der Waals surface area (Å²) in [6.45, 7) is 0. The van der Waals surface area contributed by atoms with Gasteiger partial charge < -0.3 is 0 Å². The van der Waals surface area contributed by atoms with Crippen LogP contribution in [0.3, 0.4) is 0 Å². The fourth-order valence-corrected chi connectivity index (χ4v) is 0.513. The van der Waals surface area contributed by atoms with E-state index in [0.29, 0.717) is 0 Å². The molecule has 0 spiro atoms. The fourth-order valence-electron chi connectivity index (χ4n) is 0.513. The molecular formula is C8H10Cl2Os. The van der Waals surface area contributed by atoms with Gasteiger partial charge in [0.2, 0.25) is 0 Å². The summed E-state index contributed by atoms with van der Waals surface area (Å²) in [5.74, 6) is 0. The predicted octanol–water partition coefficient (Wildman–Crippen LogP) is 3.07. The Labute approximate surface area is 93.0 Å². The van der Waals surface area contributed by atoms with Crippen LogP contribution in [0.5, 0.6) is 0 Å². The largest absolute Gasteiger partial charge is 0.147 e. The Morgan fingerprint density at radius 3 is 0.545 bits per heavy atom. The number of hydrogen-bond donors (Lipinski definition) is 0. The van der Waals surface area contributed by atoms with E-state index in [1.807, 2.05) is 48.6 Å². The van der Waals surface area contributed by atoms with E-state index in [-0.39, 0.29) is 44.6 Å². The molecule has 0 aromatic rings. The van der Waals surface area contributed by atoms with Crippen molar-refractivity contribution in [3.63, 3.8) is 0 Å². The molecule has 1 rings (SSSR count). The van der Waals surface area contributed by atoms with Crippen molar-refractivity contribution in [2.24, 2.45) is 0 Å². The predicted molar refractivity (Wildman–Crippen MR) is 51.1 cm³/mol. The summed E-state index contributed by atoms with van der Waals surface area (Å²) in [6, 6.07) is 0. The molecule has 0 aromatic carbocycles. The first-order valence-corrected chi connectivity index (χ1v) is 2.67. The molecule has 0 atom stereocenters. The molecule has 0 bridgehead atoms. The first-order valence-electron chi connectivity index (χ1n) is 2.67. The van der Waals surface area contributed by atoms with Crippen LogP contribution in [-0.4, -0.2) is 0 Å². The van der Waals surface area contributed by atoms with Crippen LogP contribution in [-0.2, 0) is 19.8 Å². The second-order valence-corrected chi connectivity index (χ2v) is 1.54. The van der Waals surface area contributed by atoms with Crippen LogP contribution in [0.1, 0.15) is 0 Å². The monoisotopic (exact) mass is 368 g/mol. The normalized spacial score (nSPS) is 11.6. The maximum atomic E-state index is 2.00. The van der Waals surface area contributed by atoms with Crippen molar-refractivity contribution in [1.82, 2.24) is 0 Å². The van der Waals surface area contributed by atoms with E-state index in [9.17, 15) is 0 Å². The first kappa shape index (κ1) is 17.3. The number of rotatable bonds is 0. The van der Waals surface area contributed by atoms with Gasteiger partial charge in [0, 0.05) is 19.8 Å². The molecule has 0 heterocycles. The standard InChI is InChI=1S/C8H8.2ClH.Os/c1-2-4-6-8-7-5-3-1;;;/h1-8H;2*1H;. The Hall–Kier alpha value is 0.176. The molecule has 0 saturated carbocycles. The van der Waals surface area contributed by atoms with E-state index in [2.05, 4.69) is 0 Å². The minimum absolute atomic E-state index is 0. The second-order valence-electron chi connectivity index (χ2n) is 1.54. The van der Waals surface area contributed by atoms with Crippen LogP contribution in [0.15, 0.2) is 48.6 Å². The molecule has 0 fully saturated rings. The summed E-state index contributed by atoms with van der Waals surface area (Å²) in [6.07, 6.45) is 16.0. The topological polar surface area (TPSA) is 0 Å². The Bertz CT molecular complexity index is 113. The molecule has 0 nitrogen and oxygen atoms in total. The van der Waals surface area contributed by atoms with Crippen molar-refractivity contribution >= 4 is 24.8 Å². The summed E-state index contributed by atoms with van der Waals surface area (Å²) in [5, 5.41) is 0. The average molecular weight is 367 g/mol. The molecule has 64 valence electrons. The summed E-state index contributed by atoms with van der Waals surface area (Å²) in [5.41, 5.74) is 0. The summed E-state index contributed by atoms with van der Waals surface area (Å²) >= 11 is 0. The molecule has 1 aliphatic rings. The van der Waals surface area contributed by atoms with Crippen molar-refractivity contribution in [3.05, 3.63) is 48.6 Å². The van der Waals surface area contributed by atoms with Crippen LogP contribution in [0.25, 0.3) is 0 Å². The van der Waals surface area contributed by atoms with Gasteiger partial charge in [-0.05, 0) is 0 Å². The zero-order chi connectivity index (χ0) is 5.66.